The van der Waals surface area contributed by atoms with Gasteiger partial charge in [0.1, 0.15) is 0 Å². The molecule has 138 valence electrons. The SMILES string of the molecule is Cc1cc(-c2ccc(NC(=O)NCc3ccc4ccccc4n3)cc2)ccn1. The number of hydrogen-bond donors (Lipinski definition) is 2. The van der Waals surface area contributed by atoms with Crippen LogP contribution in [0.15, 0.2) is 79.0 Å². The van der Waals surface area contributed by atoms with Gasteiger partial charge in [0.2, 0.25) is 0 Å². The molecule has 2 aromatic carbocycles. The smallest absolute Gasteiger partial charge is 0.319 e. The Kier molecular flexibility index (Phi) is 4.97. The van der Waals surface area contributed by atoms with Crippen molar-refractivity contribution in [3.05, 3.63) is 90.4 Å². The maximum atomic E-state index is 12.2. The minimum absolute atomic E-state index is 0.262. The Morgan fingerprint density at radius 1 is 0.929 bits per heavy atom. The van der Waals surface area contributed by atoms with Gasteiger partial charge < -0.3 is 10.6 Å². The Morgan fingerprint density at radius 3 is 2.57 bits per heavy atom. The van der Waals surface area contributed by atoms with Crippen molar-refractivity contribution >= 4 is 22.6 Å². The van der Waals surface area contributed by atoms with Crippen LogP contribution in [-0.2, 0) is 6.54 Å². The summed E-state index contributed by atoms with van der Waals surface area (Å²) in [5.74, 6) is 0. The van der Waals surface area contributed by atoms with E-state index >= 15 is 0 Å². The van der Waals surface area contributed by atoms with E-state index < -0.39 is 0 Å². The Bertz CT molecular complexity index is 1120. The van der Waals surface area contributed by atoms with Crippen LogP contribution in [0.2, 0.25) is 0 Å². The van der Waals surface area contributed by atoms with Gasteiger partial charge in [-0.05, 0) is 54.4 Å². The third-order valence-electron chi connectivity index (χ3n) is 4.46. The number of carbonyl (C=O) groups excluding carboxylic acids is 1. The number of para-hydroxylation sites is 1. The molecule has 4 rings (SSSR count). The van der Waals surface area contributed by atoms with Gasteiger partial charge >= 0.3 is 6.03 Å². The highest BCUT2D eigenvalue weighted by Gasteiger charge is 2.04. The first-order valence-corrected chi connectivity index (χ1v) is 9.10. The van der Waals surface area contributed by atoms with E-state index in [4.69, 9.17) is 0 Å². The predicted molar refractivity (Wildman–Crippen MR) is 112 cm³/mol. The lowest BCUT2D eigenvalue weighted by Gasteiger charge is -2.09. The monoisotopic (exact) mass is 368 g/mol. The Hall–Kier alpha value is -3.73. The number of benzene rings is 2. The van der Waals surface area contributed by atoms with Gasteiger partial charge in [0.25, 0.3) is 0 Å². The van der Waals surface area contributed by atoms with Crippen molar-refractivity contribution < 1.29 is 4.79 Å². The molecular formula is C23H20N4O. The first-order valence-electron chi connectivity index (χ1n) is 9.10. The molecule has 0 fully saturated rings. The van der Waals surface area contributed by atoms with Crippen LogP contribution in [0, 0.1) is 6.92 Å². The van der Waals surface area contributed by atoms with Gasteiger partial charge in [-0.25, -0.2) is 4.79 Å². The number of hydrogen-bond acceptors (Lipinski definition) is 3. The van der Waals surface area contributed by atoms with E-state index in [0.29, 0.717) is 6.54 Å². The molecule has 0 atom stereocenters. The van der Waals surface area contributed by atoms with Crippen molar-refractivity contribution in [2.24, 2.45) is 0 Å². The van der Waals surface area contributed by atoms with E-state index in [1.54, 1.807) is 6.20 Å². The van der Waals surface area contributed by atoms with Gasteiger partial charge in [-0.1, -0.05) is 36.4 Å². The van der Waals surface area contributed by atoms with E-state index in [0.717, 1.165) is 39.1 Å². The highest BCUT2D eigenvalue weighted by atomic mass is 16.2. The zero-order chi connectivity index (χ0) is 19.3. The molecule has 5 nitrogen and oxygen atoms in total. The minimum Gasteiger partial charge on any atom is -0.332 e. The number of aryl methyl sites for hydroxylation is 1. The molecule has 0 bridgehead atoms. The summed E-state index contributed by atoms with van der Waals surface area (Å²) in [7, 11) is 0. The van der Waals surface area contributed by atoms with Crippen LogP contribution < -0.4 is 10.6 Å². The Balaban J connectivity index is 1.36. The second kappa shape index (κ2) is 7.88. The number of urea groups is 1. The molecule has 2 heterocycles. The Morgan fingerprint density at radius 2 is 1.75 bits per heavy atom. The molecule has 2 N–H and O–H groups in total. The zero-order valence-electron chi connectivity index (χ0n) is 15.5. The van der Waals surface area contributed by atoms with Gasteiger partial charge in [0.05, 0.1) is 17.8 Å². The standard InChI is InChI=1S/C23H20N4O/c1-16-14-19(12-13-24-16)17-6-9-20(10-7-17)27-23(28)25-15-21-11-8-18-4-2-3-5-22(18)26-21/h2-14H,15H2,1H3,(H2,25,27,28). The van der Waals surface area contributed by atoms with Crippen LogP contribution in [0.4, 0.5) is 10.5 Å². The summed E-state index contributed by atoms with van der Waals surface area (Å²) in [5, 5.41) is 6.78. The summed E-state index contributed by atoms with van der Waals surface area (Å²) in [5.41, 5.74) is 5.63. The third kappa shape index (κ3) is 4.15. The second-order valence-electron chi connectivity index (χ2n) is 6.57. The number of nitrogens with zero attached hydrogens (tertiary/aromatic N) is 2. The van der Waals surface area contributed by atoms with Crippen LogP contribution >= 0.6 is 0 Å². The van der Waals surface area contributed by atoms with Crippen molar-refractivity contribution in [2.45, 2.75) is 13.5 Å². The average molecular weight is 368 g/mol. The topological polar surface area (TPSA) is 66.9 Å². The Labute approximate surface area is 163 Å². The van der Waals surface area contributed by atoms with E-state index in [-0.39, 0.29) is 6.03 Å². The van der Waals surface area contributed by atoms with Crippen molar-refractivity contribution in [3.8, 4) is 11.1 Å². The molecule has 28 heavy (non-hydrogen) atoms. The summed E-state index contributed by atoms with van der Waals surface area (Å²) < 4.78 is 0. The number of rotatable bonds is 4. The number of nitrogens with one attached hydrogen (secondary N) is 2. The normalized spacial score (nSPS) is 10.6. The molecule has 0 saturated carbocycles. The van der Waals surface area contributed by atoms with Crippen LogP contribution in [0.5, 0.6) is 0 Å². The van der Waals surface area contributed by atoms with Crippen molar-refractivity contribution in [3.63, 3.8) is 0 Å². The summed E-state index contributed by atoms with van der Waals surface area (Å²) in [6.45, 7) is 2.33. The lowest BCUT2D eigenvalue weighted by atomic mass is 10.1. The quantitative estimate of drug-likeness (QED) is 0.537. The summed E-state index contributed by atoms with van der Waals surface area (Å²) in [6.07, 6.45) is 1.80. The van der Waals surface area contributed by atoms with E-state index in [1.807, 2.05) is 79.7 Å². The summed E-state index contributed by atoms with van der Waals surface area (Å²) in [6, 6.07) is 23.3. The molecule has 2 aromatic heterocycles. The number of pyridine rings is 2. The molecule has 0 radical (unpaired) electrons. The van der Waals surface area contributed by atoms with Crippen molar-refractivity contribution in [1.82, 2.24) is 15.3 Å². The highest BCUT2D eigenvalue weighted by Crippen LogP contribution is 2.21. The van der Waals surface area contributed by atoms with Gasteiger partial charge in [0, 0.05) is 23.0 Å². The molecule has 0 aliphatic rings. The third-order valence-corrected chi connectivity index (χ3v) is 4.46. The van der Waals surface area contributed by atoms with E-state index in [9.17, 15) is 4.79 Å². The van der Waals surface area contributed by atoms with Gasteiger partial charge in [-0.2, -0.15) is 0 Å². The molecule has 0 spiro atoms. The lowest BCUT2D eigenvalue weighted by molar-refractivity contribution is 0.251. The molecule has 0 aliphatic carbocycles. The average Bonchev–Trinajstić information content (AvgIpc) is 2.73. The number of fused-ring (bicyclic) bond motifs is 1. The molecule has 0 aliphatic heterocycles. The van der Waals surface area contributed by atoms with E-state index in [1.165, 1.54) is 0 Å². The second-order valence-corrected chi connectivity index (χ2v) is 6.57. The fourth-order valence-electron chi connectivity index (χ4n) is 3.02. The highest BCUT2D eigenvalue weighted by molar-refractivity contribution is 5.89. The van der Waals surface area contributed by atoms with Crippen molar-refractivity contribution in [1.29, 1.82) is 0 Å². The fraction of sp³-hybridized carbons (Fsp3) is 0.0870. The minimum atomic E-state index is -0.262. The fourth-order valence-corrected chi connectivity index (χ4v) is 3.02. The summed E-state index contributed by atoms with van der Waals surface area (Å²) in [4.78, 5) is 21.0. The number of aromatic nitrogens is 2. The van der Waals surface area contributed by atoms with Crippen LogP contribution in [0.1, 0.15) is 11.4 Å². The van der Waals surface area contributed by atoms with Crippen molar-refractivity contribution in [2.75, 3.05) is 5.32 Å². The lowest BCUT2D eigenvalue weighted by Crippen LogP contribution is -2.28. The zero-order valence-corrected chi connectivity index (χ0v) is 15.5. The molecule has 5 heteroatoms. The first kappa shape index (κ1) is 17.7. The number of carbonyl (C=O) groups is 1. The van der Waals surface area contributed by atoms with Gasteiger partial charge in [-0.15, -0.1) is 0 Å². The van der Waals surface area contributed by atoms with Gasteiger partial charge in [-0.3, -0.25) is 9.97 Å². The molecular weight excluding hydrogens is 348 g/mol. The van der Waals surface area contributed by atoms with Crippen LogP contribution in [0.25, 0.3) is 22.0 Å². The summed E-state index contributed by atoms with van der Waals surface area (Å²) >= 11 is 0. The van der Waals surface area contributed by atoms with E-state index in [2.05, 4.69) is 20.6 Å². The number of amides is 2. The molecule has 0 saturated heterocycles. The van der Waals surface area contributed by atoms with Gasteiger partial charge in [0.15, 0.2) is 0 Å². The maximum Gasteiger partial charge on any atom is 0.319 e. The molecule has 2 amide bonds. The maximum absolute atomic E-state index is 12.2. The number of anilines is 1. The largest absolute Gasteiger partial charge is 0.332 e. The van der Waals surface area contributed by atoms with Crippen LogP contribution in [0.3, 0.4) is 0 Å². The molecule has 4 aromatic rings. The predicted octanol–water partition coefficient (Wildman–Crippen LogP) is 4.93. The molecule has 0 unspecified atom stereocenters. The first-order chi connectivity index (χ1) is 13.7. The van der Waals surface area contributed by atoms with Crippen LogP contribution in [-0.4, -0.2) is 16.0 Å².